The highest BCUT2D eigenvalue weighted by Gasteiger charge is 2.24. The van der Waals surface area contributed by atoms with Crippen LogP contribution in [0, 0.1) is 19.8 Å². The van der Waals surface area contributed by atoms with Crippen LogP contribution in [0.3, 0.4) is 0 Å². The predicted molar refractivity (Wildman–Crippen MR) is 97.0 cm³/mol. The lowest BCUT2D eigenvalue weighted by Crippen LogP contribution is -2.36. The van der Waals surface area contributed by atoms with Crippen LogP contribution in [0.2, 0.25) is 0 Å². The summed E-state index contributed by atoms with van der Waals surface area (Å²) in [7, 11) is 0. The molecule has 0 radical (unpaired) electrons. The second-order valence-electron chi connectivity index (χ2n) is 7.06. The highest BCUT2D eigenvalue weighted by Crippen LogP contribution is 2.34. The third-order valence-electron chi connectivity index (χ3n) is 5.44. The molecule has 0 saturated carbocycles. The Bertz CT molecular complexity index is 780. The van der Waals surface area contributed by atoms with Crippen LogP contribution < -0.4 is 10.5 Å². The first-order valence-corrected chi connectivity index (χ1v) is 9.69. The van der Waals surface area contributed by atoms with E-state index < -0.39 is 0 Å². The maximum absolute atomic E-state index is 12.3. The molecule has 0 atom stereocenters. The van der Waals surface area contributed by atoms with Crippen molar-refractivity contribution in [3.63, 3.8) is 0 Å². The number of aromatic nitrogens is 3. The zero-order valence-electron chi connectivity index (χ0n) is 14.4. The number of rotatable bonds is 3. The zero-order chi connectivity index (χ0) is 16.7. The zero-order valence-corrected chi connectivity index (χ0v) is 15.2. The molecule has 1 aliphatic heterocycles. The Morgan fingerprint density at radius 2 is 2.04 bits per heavy atom. The lowest BCUT2D eigenvalue weighted by molar-refractivity contribution is 0.350. The predicted octanol–water partition coefficient (Wildman–Crippen LogP) is 2.72. The maximum Gasteiger partial charge on any atom is 0.256 e. The Kier molecular flexibility index (Phi) is 4.16. The van der Waals surface area contributed by atoms with Gasteiger partial charge in [-0.3, -0.25) is 9.36 Å². The average Bonchev–Trinajstić information content (AvgIpc) is 3.18. The lowest BCUT2D eigenvalue weighted by atomic mass is 9.97. The Hall–Kier alpha value is -1.69. The fourth-order valence-electron chi connectivity index (χ4n) is 3.70. The molecular weight excluding hydrogens is 320 g/mol. The first-order chi connectivity index (χ1) is 11.6. The van der Waals surface area contributed by atoms with Crippen molar-refractivity contribution in [2.24, 2.45) is 5.92 Å². The van der Waals surface area contributed by atoms with Crippen molar-refractivity contribution in [3.8, 4) is 0 Å². The summed E-state index contributed by atoms with van der Waals surface area (Å²) >= 11 is 1.89. The van der Waals surface area contributed by atoms with Gasteiger partial charge in [-0.05, 0) is 51.9 Å². The third kappa shape index (κ3) is 2.88. The molecule has 6 heteroatoms. The van der Waals surface area contributed by atoms with Gasteiger partial charge in [-0.15, -0.1) is 11.3 Å². The Balaban J connectivity index is 1.39. The van der Waals surface area contributed by atoms with E-state index in [4.69, 9.17) is 4.98 Å². The fourth-order valence-corrected chi connectivity index (χ4v) is 4.90. The van der Waals surface area contributed by atoms with Crippen LogP contribution in [0.25, 0.3) is 0 Å². The summed E-state index contributed by atoms with van der Waals surface area (Å²) in [6, 6.07) is 0. The van der Waals surface area contributed by atoms with Gasteiger partial charge in [-0.1, -0.05) is 0 Å². The van der Waals surface area contributed by atoms with Crippen LogP contribution in [0.1, 0.15) is 41.1 Å². The van der Waals surface area contributed by atoms with Gasteiger partial charge in [0, 0.05) is 35.8 Å². The summed E-state index contributed by atoms with van der Waals surface area (Å²) in [5, 5.41) is 1.21. The average molecular weight is 344 g/mol. The molecular formula is C18H24N4OS. The molecule has 0 aromatic carbocycles. The van der Waals surface area contributed by atoms with Crippen LogP contribution >= 0.6 is 11.3 Å². The first kappa shape index (κ1) is 15.8. The van der Waals surface area contributed by atoms with Gasteiger partial charge in [-0.2, -0.15) is 0 Å². The van der Waals surface area contributed by atoms with E-state index in [1.807, 2.05) is 25.2 Å². The molecule has 5 nitrogen and oxygen atoms in total. The highest BCUT2D eigenvalue weighted by molar-refractivity contribution is 7.15. The largest absolute Gasteiger partial charge is 0.348 e. The molecule has 2 aromatic heterocycles. The maximum atomic E-state index is 12.3. The van der Waals surface area contributed by atoms with Gasteiger partial charge >= 0.3 is 0 Å². The Labute approximate surface area is 146 Å². The lowest BCUT2D eigenvalue weighted by Gasteiger charge is -2.32. The minimum Gasteiger partial charge on any atom is -0.348 e. The van der Waals surface area contributed by atoms with Gasteiger partial charge in [0.2, 0.25) is 0 Å². The summed E-state index contributed by atoms with van der Waals surface area (Å²) in [4.78, 5) is 25.4. The highest BCUT2D eigenvalue weighted by atomic mass is 32.1. The second kappa shape index (κ2) is 6.31. The van der Waals surface area contributed by atoms with Crippen molar-refractivity contribution in [3.05, 3.63) is 38.5 Å². The number of hydrogen-bond donors (Lipinski definition) is 0. The molecule has 0 spiro atoms. The number of piperidine rings is 1. The van der Waals surface area contributed by atoms with Crippen LogP contribution in [0.5, 0.6) is 0 Å². The van der Waals surface area contributed by atoms with E-state index >= 15 is 0 Å². The molecule has 4 rings (SSSR count). The summed E-state index contributed by atoms with van der Waals surface area (Å²) in [5.74, 6) is 0.551. The molecule has 1 fully saturated rings. The SMILES string of the molecule is Cc1ncn(CC2CCN(c3nc4c(s3)CCC4)CC2)c(=O)c1C. The standard InChI is InChI=1S/C18H24N4OS/c1-12-13(2)19-11-22(17(12)23)10-14-6-8-21(9-7-14)18-20-15-4-3-5-16(15)24-18/h11,14H,3-10H2,1-2H3. The van der Waals surface area contributed by atoms with Crippen molar-refractivity contribution in [2.45, 2.75) is 52.5 Å². The van der Waals surface area contributed by atoms with Crippen molar-refractivity contribution in [1.82, 2.24) is 14.5 Å². The number of aryl methyl sites for hydroxylation is 3. The number of hydrogen-bond acceptors (Lipinski definition) is 5. The van der Waals surface area contributed by atoms with Gasteiger partial charge in [0.05, 0.1) is 12.0 Å². The molecule has 0 bridgehead atoms. The van der Waals surface area contributed by atoms with Crippen molar-refractivity contribution in [1.29, 1.82) is 0 Å². The number of anilines is 1. The number of nitrogens with zero attached hydrogens (tertiary/aromatic N) is 4. The van der Waals surface area contributed by atoms with Crippen molar-refractivity contribution < 1.29 is 0 Å². The molecule has 24 heavy (non-hydrogen) atoms. The quantitative estimate of drug-likeness (QED) is 0.859. The normalized spacial score (nSPS) is 18.2. The molecule has 0 amide bonds. The number of fused-ring (bicyclic) bond motifs is 1. The smallest absolute Gasteiger partial charge is 0.256 e. The molecule has 128 valence electrons. The first-order valence-electron chi connectivity index (χ1n) is 8.88. The third-order valence-corrected chi connectivity index (χ3v) is 6.66. The second-order valence-corrected chi connectivity index (χ2v) is 8.12. The summed E-state index contributed by atoms with van der Waals surface area (Å²) in [6.07, 6.45) is 7.59. The van der Waals surface area contributed by atoms with Gasteiger partial charge in [-0.25, -0.2) is 9.97 Å². The molecule has 3 heterocycles. The van der Waals surface area contributed by atoms with E-state index in [2.05, 4.69) is 9.88 Å². The summed E-state index contributed by atoms with van der Waals surface area (Å²) < 4.78 is 1.79. The van der Waals surface area contributed by atoms with Crippen molar-refractivity contribution >= 4 is 16.5 Å². The molecule has 1 saturated heterocycles. The Morgan fingerprint density at radius 1 is 1.25 bits per heavy atom. The van der Waals surface area contributed by atoms with E-state index in [-0.39, 0.29) is 5.56 Å². The summed E-state index contributed by atoms with van der Waals surface area (Å²) in [6.45, 7) is 6.64. The molecule has 1 aliphatic carbocycles. The van der Waals surface area contributed by atoms with Crippen LogP contribution in [-0.4, -0.2) is 27.6 Å². The van der Waals surface area contributed by atoms with E-state index in [9.17, 15) is 4.79 Å². The fraction of sp³-hybridized carbons (Fsp3) is 0.611. The van der Waals surface area contributed by atoms with Gasteiger partial charge in [0.15, 0.2) is 5.13 Å². The summed E-state index contributed by atoms with van der Waals surface area (Å²) in [5.41, 5.74) is 3.06. The molecule has 0 N–H and O–H groups in total. The van der Waals surface area contributed by atoms with Crippen molar-refractivity contribution in [2.75, 3.05) is 18.0 Å². The van der Waals surface area contributed by atoms with Crippen LogP contribution in [-0.2, 0) is 19.4 Å². The number of thiazole rings is 1. The van der Waals surface area contributed by atoms with E-state index in [1.54, 1.807) is 10.9 Å². The van der Waals surface area contributed by atoms with Gasteiger partial charge < -0.3 is 4.90 Å². The molecule has 2 aromatic rings. The molecule has 2 aliphatic rings. The van der Waals surface area contributed by atoms with Crippen LogP contribution in [0.4, 0.5) is 5.13 Å². The minimum absolute atomic E-state index is 0.112. The van der Waals surface area contributed by atoms with Gasteiger partial charge in [0.1, 0.15) is 0 Å². The monoisotopic (exact) mass is 344 g/mol. The minimum atomic E-state index is 0.112. The van der Waals surface area contributed by atoms with E-state index in [0.29, 0.717) is 5.92 Å². The van der Waals surface area contributed by atoms with Crippen LogP contribution in [0.15, 0.2) is 11.1 Å². The van der Waals surface area contributed by atoms with E-state index in [0.717, 1.165) is 50.2 Å². The Morgan fingerprint density at radius 3 is 2.79 bits per heavy atom. The molecule has 0 unspecified atom stereocenters. The van der Waals surface area contributed by atoms with Gasteiger partial charge in [0.25, 0.3) is 5.56 Å². The topological polar surface area (TPSA) is 51.0 Å². The van der Waals surface area contributed by atoms with E-state index in [1.165, 1.54) is 28.5 Å².